The zero-order valence-electron chi connectivity index (χ0n) is 15.3. The average molecular weight is 392 g/mol. The number of hydrogen-bond donors (Lipinski definition) is 1. The summed E-state index contributed by atoms with van der Waals surface area (Å²) in [6, 6.07) is 15.0. The van der Waals surface area contributed by atoms with Crippen LogP contribution in [0.2, 0.25) is 0 Å². The number of imide groups is 1. The van der Waals surface area contributed by atoms with Gasteiger partial charge < -0.3 is 5.32 Å². The molecule has 1 aliphatic heterocycles. The number of halogens is 1. The van der Waals surface area contributed by atoms with Gasteiger partial charge >= 0.3 is 0 Å². The molecule has 2 aromatic carbocycles. The third-order valence-corrected chi connectivity index (χ3v) is 5.43. The van der Waals surface area contributed by atoms with Crippen molar-refractivity contribution in [1.82, 2.24) is 0 Å². The zero-order chi connectivity index (χ0) is 19.8. The standard InChI is InChI=1S/C22H17FN2O2S/c1-13-8-9-17(14(2)11-13)25-21(26)19(18-7-4-10-28-18)20(22(25)27)24-16-6-3-5-15(23)12-16/h3-12,24H,1-2H3. The van der Waals surface area contributed by atoms with E-state index in [1.165, 1.54) is 28.4 Å². The number of thiophene rings is 1. The summed E-state index contributed by atoms with van der Waals surface area (Å²) in [6.07, 6.45) is 0. The summed E-state index contributed by atoms with van der Waals surface area (Å²) in [4.78, 5) is 28.4. The molecule has 6 heteroatoms. The molecule has 0 radical (unpaired) electrons. The summed E-state index contributed by atoms with van der Waals surface area (Å²) >= 11 is 1.38. The van der Waals surface area contributed by atoms with E-state index in [9.17, 15) is 14.0 Å². The van der Waals surface area contributed by atoms with Crippen LogP contribution in [-0.4, -0.2) is 11.8 Å². The van der Waals surface area contributed by atoms with Crippen molar-refractivity contribution in [3.8, 4) is 0 Å². The smallest absolute Gasteiger partial charge is 0.282 e. The molecule has 1 aromatic heterocycles. The van der Waals surface area contributed by atoms with Crippen LogP contribution in [0.15, 0.2) is 65.7 Å². The summed E-state index contributed by atoms with van der Waals surface area (Å²) in [7, 11) is 0. The predicted octanol–water partition coefficient (Wildman–Crippen LogP) is 4.90. The van der Waals surface area contributed by atoms with Crippen molar-refractivity contribution >= 4 is 40.1 Å². The van der Waals surface area contributed by atoms with Crippen molar-refractivity contribution in [3.63, 3.8) is 0 Å². The van der Waals surface area contributed by atoms with Gasteiger partial charge in [0.15, 0.2) is 0 Å². The van der Waals surface area contributed by atoms with Gasteiger partial charge in [0.1, 0.15) is 11.5 Å². The third-order valence-electron chi connectivity index (χ3n) is 4.54. The van der Waals surface area contributed by atoms with Gasteiger partial charge in [0.05, 0.1) is 11.3 Å². The molecule has 2 amide bonds. The Morgan fingerprint density at radius 1 is 0.964 bits per heavy atom. The molecule has 140 valence electrons. The summed E-state index contributed by atoms with van der Waals surface area (Å²) in [5, 5.41) is 4.81. The predicted molar refractivity (Wildman–Crippen MR) is 110 cm³/mol. The lowest BCUT2D eigenvalue weighted by atomic mass is 10.1. The third kappa shape index (κ3) is 3.12. The largest absolute Gasteiger partial charge is 0.350 e. The molecular formula is C22H17FN2O2S. The minimum absolute atomic E-state index is 0.151. The Balaban J connectivity index is 1.82. The van der Waals surface area contributed by atoms with Gasteiger partial charge in [-0.1, -0.05) is 29.8 Å². The maximum atomic E-state index is 13.6. The molecule has 0 unspecified atom stereocenters. The van der Waals surface area contributed by atoms with Crippen LogP contribution in [0.3, 0.4) is 0 Å². The van der Waals surface area contributed by atoms with E-state index >= 15 is 0 Å². The lowest BCUT2D eigenvalue weighted by molar-refractivity contribution is -0.120. The molecule has 0 saturated heterocycles. The van der Waals surface area contributed by atoms with Gasteiger partial charge in [0, 0.05) is 10.6 Å². The molecule has 0 saturated carbocycles. The van der Waals surface area contributed by atoms with E-state index in [0.717, 1.165) is 11.1 Å². The van der Waals surface area contributed by atoms with Crippen LogP contribution in [0.25, 0.3) is 5.57 Å². The molecule has 0 bridgehead atoms. The van der Waals surface area contributed by atoms with Crippen molar-refractivity contribution in [1.29, 1.82) is 0 Å². The van der Waals surface area contributed by atoms with Gasteiger partial charge in [-0.15, -0.1) is 11.3 Å². The SMILES string of the molecule is Cc1ccc(N2C(=O)C(Nc3cccc(F)c3)=C(c3cccs3)C2=O)c(C)c1. The van der Waals surface area contributed by atoms with Crippen molar-refractivity contribution in [3.05, 3.63) is 87.5 Å². The number of carbonyl (C=O) groups is 2. The Labute approximate surface area is 165 Å². The normalized spacial score (nSPS) is 14.2. The molecule has 0 spiro atoms. The highest BCUT2D eigenvalue weighted by molar-refractivity contribution is 7.11. The number of anilines is 2. The lowest BCUT2D eigenvalue weighted by Gasteiger charge is -2.18. The average Bonchev–Trinajstić information content (AvgIpc) is 3.24. The van der Waals surface area contributed by atoms with Gasteiger partial charge in [-0.3, -0.25) is 9.59 Å². The van der Waals surface area contributed by atoms with Gasteiger partial charge in [0.2, 0.25) is 0 Å². The van der Waals surface area contributed by atoms with Crippen LogP contribution in [0.4, 0.5) is 15.8 Å². The zero-order valence-corrected chi connectivity index (χ0v) is 16.1. The highest BCUT2D eigenvalue weighted by Crippen LogP contribution is 2.36. The second-order valence-corrected chi connectivity index (χ2v) is 7.55. The second kappa shape index (κ2) is 7.05. The first-order chi connectivity index (χ1) is 13.5. The molecule has 0 aliphatic carbocycles. The molecule has 4 rings (SSSR count). The number of rotatable bonds is 4. The molecule has 4 nitrogen and oxygen atoms in total. The van der Waals surface area contributed by atoms with Crippen molar-refractivity contribution in [2.24, 2.45) is 0 Å². The van der Waals surface area contributed by atoms with E-state index in [0.29, 0.717) is 21.8 Å². The maximum Gasteiger partial charge on any atom is 0.282 e. The van der Waals surface area contributed by atoms with Crippen LogP contribution in [0.1, 0.15) is 16.0 Å². The van der Waals surface area contributed by atoms with Crippen molar-refractivity contribution in [2.75, 3.05) is 10.2 Å². The van der Waals surface area contributed by atoms with E-state index < -0.39 is 17.6 Å². The first kappa shape index (κ1) is 18.1. The van der Waals surface area contributed by atoms with E-state index in [1.54, 1.807) is 24.3 Å². The Kier molecular flexibility index (Phi) is 4.57. The van der Waals surface area contributed by atoms with Crippen molar-refractivity contribution < 1.29 is 14.0 Å². The number of nitrogens with zero attached hydrogens (tertiary/aromatic N) is 1. The van der Waals surface area contributed by atoms with Gasteiger partial charge in [-0.25, -0.2) is 9.29 Å². The van der Waals surface area contributed by atoms with Gasteiger partial charge in [-0.2, -0.15) is 0 Å². The molecule has 1 N–H and O–H groups in total. The van der Waals surface area contributed by atoms with Gasteiger partial charge in [0.25, 0.3) is 11.8 Å². The molecule has 28 heavy (non-hydrogen) atoms. The first-order valence-corrected chi connectivity index (χ1v) is 9.60. The van der Waals surface area contributed by atoms with Gasteiger partial charge in [-0.05, 0) is 55.1 Å². The topological polar surface area (TPSA) is 49.4 Å². The van der Waals surface area contributed by atoms with Crippen LogP contribution >= 0.6 is 11.3 Å². The van der Waals surface area contributed by atoms with E-state index in [-0.39, 0.29) is 5.70 Å². The Bertz CT molecular complexity index is 1120. The second-order valence-electron chi connectivity index (χ2n) is 6.60. The van der Waals surface area contributed by atoms with Crippen molar-refractivity contribution in [2.45, 2.75) is 13.8 Å². The van der Waals surface area contributed by atoms with E-state index in [4.69, 9.17) is 0 Å². The molecule has 0 fully saturated rings. The quantitative estimate of drug-likeness (QED) is 0.643. The lowest BCUT2D eigenvalue weighted by Crippen LogP contribution is -2.33. The minimum atomic E-state index is -0.454. The monoisotopic (exact) mass is 392 g/mol. The number of hydrogen-bond acceptors (Lipinski definition) is 4. The van der Waals surface area contributed by atoms with E-state index in [1.807, 2.05) is 37.4 Å². The summed E-state index contributed by atoms with van der Waals surface area (Å²) in [6.45, 7) is 3.82. The van der Waals surface area contributed by atoms with Crippen LogP contribution in [-0.2, 0) is 9.59 Å². The Morgan fingerprint density at radius 3 is 2.46 bits per heavy atom. The van der Waals surface area contributed by atoms with Crippen LogP contribution < -0.4 is 10.2 Å². The molecule has 3 aromatic rings. The highest BCUT2D eigenvalue weighted by atomic mass is 32.1. The Hall–Kier alpha value is -3.25. The molecular weight excluding hydrogens is 375 g/mol. The number of benzene rings is 2. The number of carbonyl (C=O) groups excluding carboxylic acids is 2. The number of nitrogens with one attached hydrogen (secondary N) is 1. The maximum absolute atomic E-state index is 13.6. The fourth-order valence-corrected chi connectivity index (χ4v) is 4.05. The number of amides is 2. The fourth-order valence-electron chi connectivity index (χ4n) is 3.28. The van der Waals surface area contributed by atoms with Crippen LogP contribution in [0.5, 0.6) is 0 Å². The van der Waals surface area contributed by atoms with Crippen LogP contribution in [0, 0.1) is 19.7 Å². The molecule has 2 heterocycles. The summed E-state index contributed by atoms with van der Waals surface area (Å²) < 4.78 is 13.6. The minimum Gasteiger partial charge on any atom is -0.350 e. The Morgan fingerprint density at radius 2 is 1.79 bits per heavy atom. The van der Waals surface area contributed by atoms with E-state index in [2.05, 4.69) is 5.32 Å². The fraction of sp³-hybridized carbons (Fsp3) is 0.0909. The number of aryl methyl sites for hydroxylation is 2. The molecule has 1 aliphatic rings. The molecule has 0 atom stereocenters. The summed E-state index contributed by atoms with van der Waals surface area (Å²) in [5.74, 6) is -1.27. The first-order valence-electron chi connectivity index (χ1n) is 8.72. The highest BCUT2D eigenvalue weighted by Gasteiger charge is 2.41. The summed E-state index contributed by atoms with van der Waals surface area (Å²) in [5.41, 5.74) is 3.28.